The van der Waals surface area contributed by atoms with Gasteiger partial charge in [-0.25, -0.2) is 13.1 Å². The quantitative estimate of drug-likeness (QED) is 0.637. The molecule has 1 aromatic heterocycles. The lowest BCUT2D eigenvalue weighted by Gasteiger charge is -2.13. The van der Waals surface area contributed by atoms with Crippen LogP contribution in [0.15, 0.2) is 10.3 Å². The molecule has 0 bridgehead atoms. The van der Waals surface area contributed by atoms with Crippen LogP contribution in [0.5, 0.6) is 0 Å². The minimum Gasteiger partial charge on any atom is -0.312 e. The highest BCUT2D eigenvalue weighted by Crippen LogP contribution is 2.26. The molecule has 122 valence electrons. The van der Waals surface area contributed by atoms with Crippen LogP contribution in [0.1, 0.15) is 30.7 Å². The van der Waals surface area contributed by atoms with E-state index in [0.29, 0.717) is 23.9 Å². The van der Waals surface area contributed by atoms with Crippen molar-refractivity contribution in [3.8, 4) is 0 Å². The van der Waals surface area contributed by atoms with Gasteiger partial charge in [-0.15, -0.1) is 11.3 Å². The van der Waals surface area contributed by atoms with Gasteiger partial charge in [-0.2, -0.15) is 11.8 Å². The first-order valence-electron chi connectivity index (χ1n) is 7.18. The van der Waals surface area contributed by atoms with Gasteiger partial charge in [0.25, 0.3) is 0 Å². The summed E-state index contributed by atoms with van der Waals surface area (Å²) in [7, 11) is -3.42. The molecule has 0 aliphatic rings. The van der Waals surface area contributed by atoms with Crippen LogP contribution in [0.4, 0.5) is 0 Å². The molecule has 0 aliphatic carbocycles. The predicted molar refractivity (Wildman–Crippen MR) is 93.8 cm³/mol. The van der Waals surface area contributed by atoms with E-state index in [4.69, 9.17) is 0 Å². The first-order valence-corrected chi connectivity index (χ1v) is 10.9. The number of thiophene rings is 1. The zero-order valence-corrected chi connectivity index (χ0v) is 15.7. The number of nitrogens with one attached hydrogen (secondary N) is 2. The van der Waals surface area contributed by atoms with E-state index in [1.807, 2.05) is 18.6 Å². The smallest absolute Gasteiger partial charge is 0.241 e. The second-order valence-corrected chi connectivity index (χ2v) is 8.84. The zero-order valence-electron chi connectivity index (χ0n) is 13.2. The highest BCUT2D eigenvalue weighted by Gasteiger charge is 2.23. The van der Waals surface area contributed by atoms with Crippen molar-refractivity contribution in [2.75, 3.05) is 25.1 Å². The fourth-order valence-electron chi connectivity index (χ4n) is 2.02. The lowest BCUT2D eigenvalue weighted by atomic mass is 10.2. The lowest BCUT2D eigenvalue weighted by molar-refractivity contribution is 0.560. The van der Waals surface area contributed by atoms with Crippen molar-refractivity contribution >= 4 is 33.1 Å². The molecule has 0 saturated heterocycles. The molecule has 0 radical (unpaired) electrons. The van der Waals surface area contributed by atoms with Gasteiger partial charge < -0.3 is 5.32 Å². The van der Waals surface area contributed by atoms with Crippen molar-refractivity contribution in [2.24, 2.45) is 5.92 Å². The fraction of sp³-hybridized carbons (Fsp3) is 0.714. The van der Waals surface area contributed by atoms with Gasteiger partial charge in [0.15, 0.2) is 0 Å². The van der Waals surface area contributed by atoms with E-state index in [1.54, 1.807) is 11.8 Å². The standard InChI is InChI=1S/C14H26N2O2S3/c1-5-6-15-8-13-14(12(3)10-20-13)21(17,18)16-7-11(2)9-19-4/h10-11,15-16H,5-9H2,1-4H3. The Balaban J connectivity index is 2.79. The summed E-state index contributed by atoms with van der Waals surface area (Å²) in [5, 5.41) is 5.20. The average molecular weight is 351 g/mol. The van der Waals surface area contributed by atoms with Crippen LogP contribution < -0.4 is 10.0 Å². The largest absolute Gasteiger partial charge is 0.312 e. The molecule has 0 spiro atoms. The number of hydrogen-bond donors (Lipinski definition) is 2. The summed E-state index contributed by atoms with van der Waals surface area (Å²) in [5.74, 6) is 1.28. The predicted octanol–water partition coefficient (Wildman–Crippen LogP) is 2.83. The molecule has 0 amide bonds. The lowest BCUT2D eigenvalue weighted by Crippen LogP contribution is -2.30. The topological polar surface area (TPSA) is 58.2 Å². The molecule has 7 heteroatoms. The summed E-state index contributed by atoms with van der Waals surface area (Å²) < 4.78 is 27.8. The van der Waals surface area contributed by atoms with Gasteiger partial charge in [0, 0.05) is 18.0 Å². The van der Waals surface area contributed by atoms with Gasteiger partial charge in [-0.3, -0.25) is 0 Å². The number of sulfonamides is 1. The van der Waals surface area contributed by atoms with Crippen molar-refractivity contribution in [1.29, 1.82) is 0 Å². The minimum absolute atomic E-state index is 0.329. The van der Waals surface area contributed by atoms with Crippen LogP contribution in [0.3, 0.4) is 0 Å². The molecule has 1 atom stereocenters. The Labute approximate surface area is 137 Å². The third-order valence-electron chi connectivity index (χ3n) is 3.04. The van der Waals surface area contributed by atoms with Gasteiger partial charge in [-0.05, 0) is 48.8 Å². The summed E-state index contributed by atoms with van der Waals surface area (Å²) in [6, 6.07) is 0. The first-order chi connectivity index (χ1) is 9.92. The Morgan fingerprint density at radius 2 is 2.14 bits per heavy atom. The molecule has 0 aromatic carbocycles. The number of rotatable bonds is 10. The molecule has 1 rings (SSSR count). The molecule has 2 N–H and O–H groups in total. The Kier molecular flexibility index (Phi) is 8.26. The molecular formula is C14H26N2O2S3. The van der Waals surface area contributed by atoms with Crippen LogP contribution in [0, 0.1) is 12.8 Å². The van der Waals surface area contributed by atoms with Gasteiger partial charge >= 0.3 is 0 Å². The van der Waals surface area contributed by atoms with Crippen molar-refractivity contribution in [3.63, 3.8) is 0 Å². The third kappa shape index (κ3) is 5.90. The maximum absolute atomic E-state index is 12.5. The van der Waals surface area contributed by atoms with E-state index in [1.165, 1.54) is 11.3 Å². The molecule has 0 saturated carbocycles. The number of hydrogen-bond acceptors (Lipinski definition) is 5. The normalized spacial score (nSPS) is 13.5. The van der Waals surface area contributed by atoms with Gasteiger partial charge in [0.2, 0.25) is 10.0 Å². The summed E-state index contributed by atoms with van der Waals surface area (Å²) in [6.07, 6.45) is 3.07. The Bertz CT molecular complexity index is 526. The minimum atomic E-state index is -3.42. The monoisotopic (exact) mass is 350 g/mol. The van der Waals surface area contributed by atoms with E-state index in [-0.39, 0.29) is 0 Å². The number of thioether (sulfide) groups is 1. The Hall–Kier alpha value is -0.0800. The highest BCUT2D eigenvalue weighted by molar-refractivity contribution is 7.98. The molecular weight excluding hydrogens is 324 g/mol. The fourth-order valence-corrected chi connectivity index (χ4v) is 5.64. The van der Waals surface area contributed by atoms with Crippen LogP contribution >= 0.6 is 23.1 Å². The summed E-state index contributed by atoms with van der Waals surface area (Å²) in [4.78, 5) is 1.36. The number of aryl methyl sites for hydroxylation is 1. The van der Waals surface area contributed by atoms with E-state index in [0.717, 1.165) is 29.2 Å². The van der Waals surface area contributed by atoms with Crippen LogP contribution in [-0.4, -0.2) is 33.5 Å². The van der Waals surface area contributed by atoms with Gasteiger partial charge in [0.1, 0.15) is 4.90 Å². The summed E-state index contributed by atoms with van der Waals surface area (Å²) >= 11 is 3.25. The Morgan fingerprint density at radius 3 is 2.76 bits per heavy atom. The molecule has 0 aliphatic heterocycles. The van der Waals surface area contributed by atoms with Crippen LogP contribution in [-0.2, 0) is 16.6 Å². The third-order valence-corrected chi connectivity index (χ3v) is 6.83. The van der Waals surface area contributed by atoms with Crippen molar-refractivity contribution in [2.45, 2.75) is 38.6 Å². The van der Waals surface area contributed by atoms with Crippen molar-refractivity contribution < 1.29 is 8.42 Å². The van der Waals surface area contributed by atoms with E-state index < -0.39 is 10.0 Å². The second kappa shape index (κ2) is 9.15. The van der Waals surface area contributed by atoms with E-state index in [2.05, 4.69) is 23.9 Å². The summed E-state index contributed by atoms with van der Waals surface area (Å²) in [5.41, 5.74) is 0.832. The molecule has 1 aromatic rings. The summed E-state index contributed by atoms with van der Waals surface area (Å²) in [6.45, 7) is 8.01. The van der Waals surface area contributed by atoms with Gasteiger partial charge in [0.05, 0.1) is 0 Å². The molecule has 1 heterocycles. The molecule has 21 heavy (non-hydrogen) atoms. The van der Waals surface area contributed by atoms with Gasteiger partial charge in [-0.1, -0.05) is 13.8 Å². The van der Waals surface area contributed by atoms with E-state index >= 15 is 0 Å². The zero-order chi connectivity index (χ0) is 15.9. The molecule has 0 fully saturated rings. The highest BCUT2D eigenvalue weighted by atomic mass is 32.2. The molecule has 4 nitrogen and oxygen atoms in total. The van der Waals surface area contributed by atoms with Crippen LogP contribution in [0.25, 0.3) is 0 Å². The maximum atomic E-state index is 12.5. The van der Waals surface area contributed by atoms with Crippen molar-refractivity contribution in [3.05, 3.63) is 15.8 Å². The van der Waals surface area contributed by atoms with Crippen molar-refractivity contribution in [1.82, 2.24) is 10.0 Å². The van der Waals surface area contributed by atoms with Crippen LogP contribution in [0.2, 0.25) is 0 Å². The SMILES string of the molecule is CCCNCc1scc(C)c1S(=O)(=O)NCC(C)CSC. The average Bonchev–Trinajstić information content (AvgIpc) is 2.79. The Morgan fingerprint density at radius 1 is 1.43 bits per heavy atom. The first kappa shape index (κ1) is 19.0. The maximum Gasteiger partial charge on any atom is 0.241 e. The molecule has 1 unspecified atom stereocenters. The second-order valence-electron chi connectivity index (χ2n) is 5.26. The van der Waals surface area contributed by atoms with E-state index in [9.17, 15) is 8.42 Å².